The maximum absolute atomic E-state index is 12.3. The first-order valence-corrected chi connectivity index (χ1v) is 7.03. The fourth-order valence-electron chi connectivity index (χ4n) is 3.00. The molecule has 1 unspecified atom stereocenters. The van der Waals surface area contributed by atoms with Gasteiger partial charge in [-0.15, -0.1) is 12.4 Å². The van der Waals surface area contributed by atoms with Gasteiger partial charge in [0.25, 0.3) is 0 Å². The third-order valence-electron chi connectivity index (χ3n) is 4.40. The smallest absolute Gasteiger partial charge is 0.223 e. The minimum Gasteiger partial charge on any atom is -0.349 e. The number of halogens is 1. The minimum atomic E-state index is 0. The van der Waals surface area contributed by atoms with Crippen LogP contribution in [0, 0.1) is 18.8 Å². The average molecular weight is 301 g/mol. The molecular weight excluding hydrogens is 276 g/mol. The SMILES string of the molecule is Cc1c(C(C)NC(=O)[C@@H]2CCC[C@@H]2CN)cnn1C.Cl. The van der Waals surface area contributed by atoms with Crippen LogP contribution in [0.2, 0.25) is 0 Å². The van der Waals surface area contributed by atoms with Crippen molar-refractivity contribution in [2.45, 2.75) is 39.2 Å². The van der Waals surface area contributed by atoms with E-state index in [1.165, 1.54) is 0 Å². The summed E-state index contributed by atoms with van der Waals surface area (Å²) in [6.45, 7) is 4.63. The fourth-order valence-corrected chi connectivity index (χ4v) is 3.00. The summed E-state index contributed by atoms with van der Waals surface area (Å²) < 4.78 is 1.83. The van der Waals surface area contributed by atoms with Crippen molar-refractivity contribution >= 4 is 18.3 Å². The number of carbonyl (C=O) groups excluding carboxylic acids is 1. The Morgan fingerprint density at radius 1 is 1.60 bits per heavy atom. The summed E-state index contributed by atoms with van der Waals surface area (Å²) in [7, 11) is 1.91. The number of hydrogen-bond acceptors (Lipinski definition) is 3. The van der Waals surface area contributed by atoms with Crippen LogP contribution < -0.4 is 11.1 Å². The van der Waals surface area contributed by atoms with E-state index >= 15 is 0 Å². The van der Waals surface area contributed by atoms with E-state index in [1.54, 1.807) is 0 Å². The Kier molecular flexibility index (Phi) is 6.02. The lowest BCUT2D eigenvalue weighted by Crippen LogP contribution is -2.36. The highest BCUT2D eigenvalue weighted by molar-refractivity contribution is 5.85. The number of rotatable bonds is 4. The second-order valence-electron chi connectivity index (χ2n) is 5.57. The number of aryl methyl sites for hydroxylation is 1. The molecule has 0 aliphatic heterocycles. The van der Waals surface area contributed by atoms with E-state index in [-0.39, 0.29) is 30.3 Å². The summed E-state index contributed by atoms with van der Waals surface area (Å²) in [6.07, 6.45) is 4.98. The van der Waals surface area contributed by atoms with Gasteiger partial charge in [0.15, 0.2) is 0 Å². The fraction of sp³-hybridized carbons (Fsp3) is 0.714. The van der Waals surface area contributed by atoms with Crippen LogP contribution in [0.15, 0.2) is 6.20 Å². The predicted molar refractivity (Wildman–Crippen MR) is 81.6 cm³/mol. The lowest BCUT2D eigenvalue weighted by Gasteiger charge is -2.21. The van der Waals surface area contributed by atoms with Gasteiger partial charge in [-0.1, -0.05) is 6.42 Å². The standard InChI is InChI=1S/C14H24N4O.ClH/c1-9(13-8-16-18(3)10(13)2)17-14(19)12-6-4-5-11(12)7-15;/h8-9,11-12H,4-7,15H2,1-3H3,(H,17,19);1H/t9?,11-,12-;/m1./s1. The van der Waals surface area contributed by atoms with Crippen molar-refractivity contribution in [3.8, 4) is 0 Å². The second kappa shape index (κ2) is 7.09. The number of nitrogens with one attached hydrogen (secondary N) is 1. The quantitative estimate of drug-likeness (QED) is 0.889. The Balaban J connectivity index is 0.00000200. The number of amides is 1. The highest BCUT2D eigenvalue weighted by Gasteiger charge is 2.32. The number of carbonyl (C=O) groups is 1. The first-order chi connectivity index (χ1) is 9.04. The summed E-state index contributed by atoms with van der Waals surface area (Å²) in [5.74, 6) is 0.579. The molecule has 0 bridgehead atoms. The van der Waals surface area contributed by atoms with Gasteiger partial charge >= 0.3 is 0 Å². The summed E-state index contributed by atoms with van der Waals surface area (Å²) in [5.41, 5.74) is 7.91. The molecule has 1 amide bonds. The summed E-state index contributed by atoms with van der Waals surface area (Å²) in [5, 5.41) is 7.33. The Labute approximate surface area is 126 Å². The van der Waals surface area contributed by atoms with Crippen LogP contribution in [0.25, 0.3) is 0 Å². The van der Waals surface area contributed by atoms with Crippen LogP contribution in [0.1, 0.15) is 43.5 Å². The minimum absolute atomic E-state index is 0. The van der Waals surface area contributed by atoms with E-state index in [2.05, 4.69) is 10.4 Å². The van der Waals surface area contributed by atoms with E-state index in [1.807, 2.05) is 31.8 Å². The van der Waals surface area contributed by atoms with Gasteiger partial charge in [-0.2, -0.15) is 5.10 Å². The zero-order valence-electron chi connectivity index (χ0n) is 12.4. The largest absolute Gasteiger partial charge is 0.349 e. The first kappa shape index (κ1) is 17.0. The van der Waals surface area contributed by atoms with Crippen LogP contribution in [0.3, 0.4) is 0 Å². The normalized spacial score (nSPS) is 23.2. The topological polar surface area (TPSA) is 72.9 Å². The molecule has 5 nitrogen and oxygen atoms in total. The number of nitrogens with zero attached hydrogens (tertiary/aromatic N) is 2. The summed E-state index contributed by atoms with van der Waals surface area (Å²) in [6, 6.07) is 0.000208. The molecule has 0 radical (unpaired) electrons. The van der Waals surface area contributed by atoms with Crippen molar-refractivity contribution in [1.82, 2.24) is 15.1 Å². The molecule has 0 spiro atoms. The van der Waals surface area contributed by atoms with Crippen molar-refractivity contribution in [2.75, 3.05) is 6.54 Å². The molecule has 3 N–H and O–H groups in total. The van der Waals surface area contributed by atoms with Gasteiger partial charge in [0.1, 0.15) is 0 Å². The molecule has 3 atom stereocenters. The third kappa shape index (κ3) is 3.33. The highest BCUT2D eigenvalue weighted by atomic mass is 35.5. The van der Waals surface area contributed by atoms with Crippen LogP contribution >= 0.6 is 12.4 Å². The van der Waals surface area contributed by atoms with Crippen molar-refractivity contribution in [1.29, 1.82) is 0 Å². The van der Waals surface area contributed by atoms with Gasteiger partial charge in [-0.05, 0) is 39.2 Å². The monoisotopic (exact) mass is 300 g/mol. The van der Waals surface area contributed by atoms with Gasteiger partial charge in [0.2, 0.25) is 5.91 Å². The van der Waals surface area contributed by atoms with Gasteiger partial charge in [0.05, 0.1) is 12.2 Å². The van der Waals surface area contributed by atoms with Crippen molar-refractivity contribution in [2.24, 2.45) is 24.6 Å². The van der Waals surface area contributed by atoms with Gasteiger partial charge in [-0.25, -0.2) is 0 Å². The Hall–Kier alpha value is -1.07. The molecule has 2 rings (SSSR count). The van der Waals surface area contributed by atoms with Crippen LogP contribution in [0.5, 0.6) is 0 Å². The first-order valence-electron chi connectivity index (χ1n) is 7.03. The van der Waals surface area contributed by atoms with Crippen molar-refractivity contribution < 1.29 is 4.79 Å². The molecule has 0 saturated heterocycles. The van der Waals surface area contributed by atoms with Crippen molar-refractivity contribution in [3.05, 3.63) is 17.5 Å². The maximum Gasteiger partial charge on any atom is 0.223 e. The van der Waals surface area contributed by atoms with Gasteiger partial charge < -0.3 is 11.1 Å². The summed E-state index contributed by atoms with van der Waals surface area (Å²) in [4.78, 5) is 12.3. The van der Waals surface area contributed by atoms with E-state index in [0.717, 1.165) is 30.5 Å². The number of hydrogen-bond donors (Lipinski definition) is 2. The van der Waals surface area contributed by atoms with Crippen LogP contribution in [-0.4, -0.2) is 22.2 Å². The van der Waals surface area contributed by atoms with E-state index < -0.39 is 0 Å². The van der Waals surface area contributed by atoms with E-state index in [4.69, 9.17) is 5.73 Å². The predicted octanol–water partition coefficient (Wildman–Crippen LogP) is 1.70. The Morgan fingerprint density at radius 3 is 2.85 bits per heavy atom. The molecule has 6 heteroatoms. The summed E-state index contributed by atoms with van der Waals surface area (Å²) >= 11 is 0. The molecule has 1 fully saturated rings. The molecule has 1 aromatic rings. The van der Waals surface area contributed by atoms with Crippen molar-refractivity contribution in [3.63, 3.8) is 0 Å². The zero-order valence-corrected chi connectivity index (χ0v) is 13.2. The molecule has 20 heavy (non-hydrogen) atoms. The molecule has 0 aromatic carbocycles. The molecule has 1 aliphatic carbocycles. The maximum atomic E-state index is 12.3. The average Bonchev–Trinajstić information content (AvgIpc) is 2.97. The molecular formula is C14H25ClN4O. The Morgan fingerprint density at radius 2 is 2.30 bits per heavy atom. The molecule has 1 aliphatic rings. The molecule has 1 aromatic heterocycles. The second-order valence-corrected chi connectivity index (χ2v) is 5.57. The number of nitrogens with two attached hydrogens (primary N) is 1. The lowest BCUT2D eigenvalue weighted by atomic mass is 9.95. The Bertz CT molecular complexity index is 460. The van der Waals surface area contributed by atoms with Crippen LogP contribution in [0.4, 0.5) is 0 Å². The van der Waals surface area contributed by atoms with Gasteiger partial charge in [0, 0.05) is 24.2 Å². The zero-order chi connectivity index (χ0) is 14.0. The third-order valence-corrected chi connectivity index (χ3v) is 4.40. The molecule has 1 saturated carbocycles. The van der Waals surface area contributed by atoms with E-state index in [0.29, 0.717) is 12.5 Å². The highest BCUT2D eigenvalue weighted by Crippen LogP contribution is 2.31. The van der Waals surface area contributed by atoms with Crippen LogP contribution in [-0.2, 0) is 11.8 Å². The van der Waals surface area contributed by atoms with Gasteiger partial charge in [-0.3, -0.25) is 9.48 Å². The molecule has 114 valence electrons. The van der Waals surface area contributed by atoms with E-state index in [9.17, 15) is 4.79 Å². The molecule has 1 heterocycles. The lowest BCUT2D eigenvalue weighted by molar-refractivity contribution is -0.126. The number of aromatic nitrogens is 2.